The van der Waals surface area contributed by atoms with Crippen LogP contribution in [0, 0.1) is 10.8 Å². The molecule has 1 nitrogen and oxygen atoms in total. The first-order valence-corrected chi connectivity index (χ1v) is 10.0. The van der Waals surface area contributed by atoms with Crippen molar-refractivity contribution in [1.82, 2.24) is 0 Å². The molecule has 0 aromatic carbocycles. The molecule has 0 saturated heterocycles. The first-order chi connectivity index (χ1) is 10.9. The second-order valence-electron chi connectivity index (χ2n) is 8.25. The quantitative estimate of drug-likeness (QED) is 0.441. The molecule has 0 saturated carbocycles. The maximum absolute atomic E-state index is 11.2. The number of rotatable bonds is 6. The molecule has 0 aromatic rings. The van der Waals surface area contributed by atoms with Gasteiger partial charge in [-0.15, -0.1) is 0 Å². The van der Waals surface area contributed by atoms with E-state index in [1.165, 1.54) is 19.3 Å². The van der Waals surface area contributed by atoms with Crippen LogP contribution in [0.4, 0.5) is 0 Å². The Bertz CT molecular complexity index is 282. The van der Waals surface area contributed by atoms with E-state index in [-0.39, 0.29) is 11.2 Å². The van der Waals surface area contributed by atoms with Gasteiger partial charge < -0.3 is 0 Å². The minimum atomic E-state index is 0.0509. The molecule has 0 unspecified atom stereocenters. The van der Waals surface area contributed by atoms with Gasteiger partial charge in [-0.1, -0.05) is 108 Å². The molecule has 0 radical (unpaired) electrons. The number of ketones is 1. The molecule has 1 heteroatoms. The summed E-state index contributed by atoms with van der Waals surface area (Å²) in [5.74, 6) is 0.205. The third-order valence-electron chi connectivity index (χ3n) is 2.98. The Morgan fingerprint density at radius 1 is 0.833 bits per heavy atom. The molecule has 0 aliphatic rings. The highest BCUT2D eigenvalue weighted by Crippen LogP contribution is 2.31. The molecule has 0 aliphatic heterocycles. The standard InChI is InChI=1S/C11H20O.2C5H12.C2H6/c1-6-8-11(4,5)10(7-2)9(3)12;1-5(2,3)4;1-3-5-4-2;1-2/h7H,6,8H2,1-5H3;1-4H3;3-5H2,1-2H3;1-2H3/b10-7-;;;. The van der Waals surface area contributed by atoms with E-state index in [0.717, 1.165) is 18.4 Å². The van der Waals surface area contributed by atoms with Gasteiger partial charge in [-0.25, -0.2) is 0 Å². The number of carbonyl (C=O) groups is 1. The maximum Gasteiger partial charge on any atom is 0.156 e. The summed E-state index contributed by atoms with van der Waals surface area (Å²) >= 11 is 0. The average Bonchev–Trinajstić information content (AvgIpc) is 2.40. The summed E-state index contributed by atoms with van der Waals surface area (Å²) in [6, 6.07) is 0. The van der Waals surface area contributed by atoms with E-state index in [1.54, 1.807) is 6.92 Å². The van der Waals surface area contributed by atoms with E-state index in [1.807, 2.05) is 26.8 Å². The molecular formula is C23H50O. The third kappa shape index (κ3) is 29.4. The first-order valence-electron chi connectivity index (χ1n) is 10.0. The summed E-state index contributed by atoms with van der Waals surface area (Å²) in [4.78, 5) is 11.2. The van der Waals surface area contributed by atoms with Crippen LogP contribution >= 0.6 is 0 Å². The lowest BCUT2D eigenvalue weighted by Crippen LogP contribution is -2.19. The summed E-state index contributed by atoms with van der Waals surface area (Å²) in [5, 5.41) is 0. The molecule has 0 aromatic heterocycles. The van der Waals surface area contributed by atoms with Crippen LogP contribution in [-0.4, -0.2) is 5.78 Å². The number of hydrogen-bond acceptors (Lipinski definition) is 1. The van der Waals surface area contributed by atoms with E-state index >= 15 is 0 Å². The van der Waals surface area contributed by atoms with Crippen molar-refractivity contribution in [3.05, 3.63) is 11.6 Å². The molecule has 0 N–H and O–H groups in total. The van der Waals surface area contributed by atoms with E-state index in [4.69, 9.17) is 0 Å². The van der Waals surface area contributed by atoms with Gasteiger partial charge in [-0.05, 0) is 36.7 Å². The third-order valence-corrected chi connectivity index (χ3v) is 2.98. The molecule has 148 valence electrons. The summed E-state index contributed by atoms with van der Waals surface area (Å²) in [6.07, 6.45) is 8.22. The van der Waals surface area contributed by atoms with Gasteiger partial charge in [0.15, 0.2) is 5.78 Å². The van der Waals surface area contributed by atoms with Gasteiger partial charge in [-0.3, -0.25) is 4.79 Å². The highest BCUT2D eigenvalue weighted by Gasteiger charge is 2.24. The molecule has 0 heterocycles. The van der Waals surface area contributed by atoms with Crippen molar-refractivity contribution >= 4 is 5.78 Å². The zero-order valence-corrected chi connectivity index (χ0v) is 19.5. The zero-order valence-electron chi connectivity index (χ0n) is 19.5. The van der Waals surface area contributed by atoms with Gasteiger partial charge in [0.1, 0.15) is 0 Å². The summed E-state index contributed by atoms with van der Waals surface area (Å²) in [6.45, 7) is 27.2. The Hall–Kier alpha value is -0.590. The lowest BCUT2D eigenvalue weighted by atomic mass is 9.78. The number of unbranched alkanes of at least 4 members (excludes halogenated alkanes) is 2. The topological polar surface area (TPSA) is 17.1 Å². The number of carbonyl (C=O) groups excluding carboxylic acids is 1. The van der Waals surface area contributed by atoms with Gasteiger partial charge >= 0.3 is 0 Å². The molecule has 0 spiro atoms. The van der Waals surface area contributed by atoms with Gasteiger partial charge in [0.25, 0.3) is 0 Å². The fraction of sp³-hybridized carbons (Fsp3) is 0.870. The Kier molecular flexibility index (Phi) is 24.4. The molecule has 0 rings (SSSR count). The van der Waals surface area contributed by atoms with Crippen LogP contribution in [0.5, 0.6) is 0 Å². The van der Waals surface area contributed by atoms with E-state index < -0.39 is 0 Å². The second kappa shape index (κ2) is 18.7. The number of allylic oxidation sites excluding steroid dienone is 2. The van der Waals surface area contributed by atoms with Gasteiger partial charge in [0, 0.05) is 0 Å². The van der Waals surface area contributed by atoms with Crippen LogP contribution in [-0.2, 0) is 4.79 Å². The molecule has 24 heavy (non-hydrogen) atoms. The predicted molar refractivity (Wildman–Crippen MR) is 115 cm³/mol. The minimum absolute atomic E-state index is 0.0509. The summed E-state index contributed by atoms with van der Waals surface area (Å²) < 4.78 is 0. The molecule has 0 fully saturated rings. The van der Waals surface area contributed by atoms with E-state index in [2.05, 4.69) is 62.3 Å². The fourth-order valence-corrected chi connectivity index (χ4v) is 2.18. The lowest BCUT2D eigenvalue weighted by molar-refractivity contribution is -0.114. The zero-order chi connectivity index (χ0) is 20.4. The van der Waals surface area contributed by atoms with Gasteiger partial charge in [0.05, 0.1) is 0 Å². The van der Waals surface area contributed by atoms with Crippen LogP contribution in [0.15, 0.2) is 11.6 Å². The smallest absolute Gasteiger partial charge is 0.156 e. The monoisotopic (exact) mass is 342 g/mol. The molecule has 0 atom stereocenters. The minimum Gasteiger partial charge on any atom is -0.295 e. The normalized spacial score (nSPS) is 11.1. The second-order valence-corrected chi connectivity index (χ2v) is 8.25. The Balaban J connectivity index is -0.000000138. The molecule has 0 bridgehead atoms. The number of Topliss-reactive ketones (excluding diaryl/α,β-unsaturated/α-hetero) is 1. The van der Waals surface area contributed by atoms with Crippen LogP contribution in [0.2, 0.25) is 0 Å². The SMILES string of the molecule is C/C=C(/C(C)=O)C(C)(C)CCC.CC.CC(C)(C)C.CCCCC. The predicted octanol–water partition coefficient (Wildman–Crippen LogP) is 8.62. The van der Waals surface area contributed by atoms with Crippen LogP contribution in [0.25, 0.3) is 0 Å². The van der Waals surface area contributed by atoms with Crippen molar-refractivity contribution in [2.75, 3.05) is 0 Å². The van der Waals surface area contributed by atoms with Crippen molar-refractivity contribution in [2.45, 2.75) is 122 Å². The Morgan fingerprint density at radius 3 is 1.29 bits per heavy atom. The Morgan fingerprint density at radius 2 is 1.17 bits per heavy atom. The van der Waals surface area contributed by atoms with Crippen LogP contribution < -0.4 is 0 Å². The summed E-state index contributed by atoms with van der Waals surface area (Å²) in [7, 11) is 0. The van der Waals surface area contributed by atoms with Crippen molar-refractivity contribution in [3.63, 3.8) is 0 Å². The highest BCUT2D eigenvalue weighted by atomic mass is 16.1. The van der Waals surface area contributed by atoms with Crippen molar-refractivity contribution in [2.24, 2.45) is 10.8 Å². The van der Waals surface area contributed by atoms with Gasteiger partial charge in [-0.2, -0.15) is 0 Å². The maximum atomic E-state index is 11.2. The molecular weight excluding hydrogens is 292 g/mol. The first kappa shape index (κ1) is 31.2. The highest BCUT2D eigenvalue weighted by molar-refractivity contribution is 5.94. The van der Waals surface area contributed by atoms with Crippen LogP contribution in [0.3, 0.4) is 0 Å². The van der Waals surface area contributed by atoms with Crippen molar-refractivity contribution in [3.8, 4) is 0 Å². The van der Waals surface area contributed by atoms with E-state index in [9.17, 15) is 4.79 Å². The Labute approximate surface area is 155 Å². The van der Waals surface area contributed by atoms with Crippen molar-refractivity contribution in [1.29, 1.82) is 0 Å². The average molecular weight is 343 g/mol. The molecule has 0 aliphatic carbocycles. The van der Waals surface area contributed by atoms with Crippen LogP contribution in [0.1, 0.15) is 122 Å². The number of hydrogen-bond donors (Lipinski definition) is 0. The summed E-state index contributed by atoms with van der Waals surface area (Å²) in [5.41, 5.74) is 1.51. The largest absolute Gasteiger partial charge is 0.295 e. The van der Waals surface area contributed by atoms with Gasteiger partial charge in [0.2, 0.25) is 0 Å². The molecule has 0 amide bonds. The fourth-order valence-electron chi connectivity index (χ4n) is 2.18. The van der Waals surface area contributed by atoms with Crippen molar-refractivity contribution < 1.29 is 4.79 Å². The van der Waals surface area contributed by atoms with E-state index in [0.29, 0.717) is 5.41 Å². The lowest BCUT2D eigenvalue weighted by Gasteiger charge is -2.25.